The van der Waals surface area contributed by atoms with Crippen molar-refractivity contribution in [2.24, 2.45) is 0 Å². The highest BCUT2D eigenvalue weighted by Gasteiger charge is 2.26. The molecular formula is C22H29ClN4O3S2. The number of sulfonamides is 1. The summed E-state index contributed by atoms with van der Waals surface area (Å²) in [7, 11) is -3.52. The Morgan fingerprint density at radius 3 is 2.38 bits per heavy atom. The summed E-state index contributed by atoms with van der Waals surface area (Å²) in [6.45, 7) is 5.72. The number of nitrogens with zero attached hydrogens (tertiary/aromatic N) is 3. The minimum absolute atomic E-state index is 0.129. The maximum absolute atomic E-state index is 12.9. The second-order valence-corrected chi connectivity index (χ2v) is 12.0. The van der Waals surface area contributed by atoms with E-state index in [1.165, 1.54) is 4.88 Å². The van der Waals surface area contributed by atoms with E-state index in [-0.39, 0.29) is 10.8 Å². The molecule has 2 saturated heterocycles. The van der Waals surface area contributed by atoms with Gasteiger partial charge in [0.1, 0.15) is 0 Å². The van der Waals surface area contributed by atoms with Gasteiger partial charge in [-0.25, -0.2) is 8.42 Å². The van der Waals surface area contributed by atoms with Crippen LogP contribution in [0.5, 0.6) is 0 Å². The van der Waals surface area contributed by atoms with Crippen molar-refractivity contribution in [2.75, 3.05) is 51.1 Å². The zero-order chi connectivity index (χ0) is 22.6. The number of thiophene rings is 1. The number of piperazine rings is 1. The van der Waals surface area contributed by atoms with Gasteiger partial charge in [-0.15, -0.1) is 11.3 Å². The highest BCUT2D eigenvalue weighted by molar-refractivity contribution is 7.89. The Morgan fingerprint density at radius 2 is 1.69 bits per heavy atom. The summed E-state index contributed by atoms with van der Waals surface area (Å²) in [5, 5.41) is 2.87. The summed E-state index contributed by atoms with van der Waals surface area (Å²) < 4.78 is 28.1. The van der Waals surface area contributed by atoms with Crippen LogP contribution in [0.2, 0.25) is 4.34 Å². The maximum atomic E-state index is 12.9. The highest BCUT2D eigenvalue weighted by atomic mass is 35.5. The number of carbonyl (C=O) groups excluding carboxylic acids is 1. The Bertz CT molecular complexity index is 1030. The van der Waals surface area contributed by atoms with Gasteiger partial charge in [0.15, 0.2) is 0 Å². The molecule has 0 saturated carbocycles. The molecule has 1 aromatic heterocycles. The molecule has 0 spiro atoms. The summed E-state index contributed by atoms with van der Waals surface area (Å²) in [6, 6.07) is 10.6. The Balaban J connectivity index is 1.28. The number of amides is 1. The average Bonchev–Trinajstić information content (AvgIpc) is 3.20. The molecule has 1 amide bonds. The van der Waals surface area contributed by atoms with Crippen molar-refractivity contribution in [3.8, 4) is 0 Å². The SMILES string of the molecule is O=C(CN1CCN(Cc2ccc(Cl)s2)CC1)Nc1cccc(S(=O)(=O)N2CCCCC2)c1. The maximum Gasteiger partial charge on any atom is 0.243 e. The van der Waals surface area contributed by atoms with Crippen molar-refractivity contribution in [1.29, 1.82) is 0 Å². The smallest absolute Gasteiger partial charge is 0.243 e. The van der Waals surface area contributed by atoms with Crippen LogP contribution in [0.25, 0.3) is 0 Å². The van der Waals surface area contributed by atoms with Gasteiger partial charge in [-0.3, -0.25) is 14.6 Å². The summed E-state index contributed by atoms with van der Waals surface area (Å²) in [5.74, 6) is -0.129. The molecule has 32 heavy (non-hydrogen) atoms. The van der Waals surface area contributed by atoms with Crippen molar-refractivity contribution >= 4 is 44.6 Å². The first-order chi connectivity index (χ1) is 15.4. The molecule has 2 aliphatic rings. The fourth-order valence-electron chi connectivity index (χ4n) is 4.15. The molecule has 2 aliphatic heterocycles. The molecule has 174 valence electrons. The van der Waals surface area contributed by atoms with Crippen LogP contribution in [0.1, 0.15) is 24.1 Å². The molecule has 3 heterocycles. The summed E-state index contributed by atoms with van der Waals surface area (Å²) in [6.07, 6.45) is 2.85. The number of carbonyl (C=O) groups is 1. The van der Waals surface area contributed by atoms with E-state index in [0.29, 0.717) is 25.3 Å². The van der Waals surface area contributed by atoms with Gasteiger partial charge < -0.3 is 5.32 Å². The van der Waals surface area contributed by atoms with Crippen molar-refractivity contribution in [2.45, 2.75) is 30.7 Å². The first-order valence-electron chi connectivity index (χ1n) is 11.0. The van der Waals surface area contributed by atoms with E-state index in [2.05, 4.69) is 21.2 Å². The zero-order valence-corrected chi connectivity index (χ0v) is 20.4. The van der Waals surface area contributed by atoms with Gasteiger partial charge in [0.25, 0.3) is 0 Å². The van der Waals surface area contributed by atoms with Crippen molar-refractivity contribution in [3.63, 3.8) is 0 Å². The summed E-state index contributed by atoms with van der Waals surface area (Å²) in [4.78, 5) is 18.6. The molecule has 2 aromatic rings. The van der Waals surface area contributed by atoms with Crippen LogP contribution in [-0.4, -0.2) is 74.2 Å². The van der Waals surface area contributed by atoms with Crippen molar-refractivity contribution in [3.05, 3.63) is 45.6 Å². The second-order valence-electron chi connectivity index (χ2n) is 8.30. The normalized spacial score (nSPS) is 19.2. The standard InChI is InChI=1S/C22H29ClN4O3S2/c23-21-8-7-19(31-21)16-25-11-13-26(14-12-25)17-22(28)24-18-5-4-6-20(15-18)32(29,30)27-9-2-1-3-10-27/h4-8,15H,1-3,9-14,16-17H2,(H,24,28). The molecule has 1 aromatic carbocycles. The molecule has 0 bridgehead atoms. The fraction of sp³-hybridized carbons (Fsp3) is 0.500. The quantitative estimate of drug-likeness (QED) is 0.636. The van der Waals surface area contributed by atoms with E-state index in [0.717, 1.165) is 56.3 Å². The third-order valence-corrected chi connectivity index (χ3v) is 9.02. The molecule has 0 aliphatic carbocycles. The molecule has 4 rings (SSSR count). The molecular weight excluding hydrogens is 468 g/mol. The summed E-state index contributed by atoms with van der Waals surface area (Å²) >= 11 is 7.62. The lowest BCUT2D eigenvalue weighted by molar-refractivity contribution is -0.117. The number of hydrogen-bond acceptors (Lipinski definition) is 6. The monoisotopic (exact) mass is 496 g/mol. The Morgan fingerprint density at radius 1 is 0.969 bits per heavy atom. The largest absolute Gasteiger partial charge is 0.325 e. The molecule has 0 atom stereocenters. The van der Waals surface area contributed by atoms with Crippen LogP contribution >= 0.6 is 22.9 Å². The Kier molecular flexibility index (Phi) is 7.86. The number of piperidine rings is 1. The van der Waals surface area contributed by atoms with E-state index < -0.39 is 10.0 Å². The van der Waals surface area contributed by atoms with Crippen molar-refractivity contribution < 1.29 is 13.2 Å². The first-order valence-corrected chi connectivity index (χ1v) is 13.6. The average molecular weight is 497 g/mol. The van der Waals surface area contributed by atoms with Gasteiger partial charge in [0.05, 0.1) is 15.8 Å². The third-order valence-electron chi connectivity index (χ3n) is 5.91. The van der Waals surface area contributed by atoms with Crippen LogP contribution < -0.4 is 5.32 Å². The van der Waals surface area contributed by atoms with Gasteiger partial charge in [0, 0.05) is 56.4 Å². The van der Waals surface area contributed by atoms with Crippen LogP contribution in [0.4, 0.5) is 5.69 Å². The van der Waals surface area contributed by atoms with Crippen LogP contribution in [0, 0.1) is 0 Å². The number of benzene rings is 1. The fourth-order valence-corrected chi connectivity index (χ4v) is 6.85. The van der Waals surface area contributed by atoms with E-state index in [9.17, 15) is 13.2 Å². The van der Waals surface area contributed by atoms with Gasteiger partial charge in [0.2, 0.25) is 15.9 Å². The van der Waals surface area contributed by atoms with Gasteiger partial charge in [-0.2, -0.15) is 4.31 Å². The first kappa shape index (κ1) is 23.7. The Labute approximate surface area is 199 Å². The topological polar surface area (TPSA) is 73.0 Å². The predicted octanol–water partition coefficient (Wildman–Crippen LogP) is 3.33. The Hall–Kier alpha value is -1.49. The van der Waals surface area contributed by atoms with Gasteiger partial charge in [-0.05, 0) is 43.2 Å². The number of hydrogen-bond donors (Lipinski definition) is 1. The molecule has 7 nitrogen and oxygen atoms in total. The minimum Gasteiger partial charge on any atom is -0.325 e. The van der Waals surface area contributed by atoms with Crippen LogP contribution in [0.3, 0.4) is 0 Å². The minimum atomic E-state index is -3.52. The summed E-state index contributed by atoms with van der Waals surface area (Å²) in [5.41, 5.74) is 0.515. The van der Waals surface area contributed by atoms with Crippen molar-refractivity contribution in [1.82, 2.24) is 14.1 Å². The lowest BCUT2D eigenvalue weighted by Gasteiger charge is -2.34. The molecule has 1 N–H and O–H groups in total. The number of halogens is 1. The third kappa shape index (κ3) is 6.09. The van der Waals surface area contributed by atoms with E-state index in [4.69, 9.17) is 11.6 Å². The zero-order valence-electron chi connectivity index (χ0n) is 18.0. The second kappa shape index (κ2) is 10.6. The highest BCUT2D eigenvalue weighted by Crippen LogP contribution is 2.24. The van der Waals surface area contributed by atoms with E-state index in [1.54, 1.807) is 39.9 Å². The molecule has 0 radical (unpaired) electrons. The van der Waals surface area contributed by atoms with Gasteiger partial charge in [-0.1, -0.05) is 24.1 Å². The molecule has 2 fully saturated rings. The molecule has 0 unspecified atom stereocenters. The molecule has 10 heteroatoms. The van der Waals surface area contributed by atoms with Crippen LogP contribution in [-0.2, 0) is 21.4 Å². The predicted molar refractivity (Wildman–Crippen MR) is 129 cm³/mol. The van der Waals surface area contributed by atoms with Gasteiger partial charge >= 0.3 is 0 Å². The van der Waals surface area contributed by atoms with E-state index in [1.807, 2.05) is 6.07 Å². The van der Waals surface area contributed by atoms with Crippen LogP contribution in [0.15, 0.2) is 41.3 Å². The van der Waals surface area contributed by atoms with E-state index >= 15 is 0 Å². The number of anilines is 1. The lowest BCUT2D eigenvalue weighted by atomic mass is 10.2. The number of nitrogens with one attached hydrogen (secondary N) is 1. The lowest BCUT2D eigenvalue weighted by Crippen LogP contribution is -2.48. The number of rotatable bonds is 7.